The van der Waals surface area contributed by atoms with Gasteiger partial charge in [0.15, 0.2) is 5.82 Å². The van der Waals surface area contributed by atoms with Crippen molar-refractivity contribution in [3.05, 3.63) is 70.5 Å². The standard InChI is InChI=1S/C23H27ClN4O2S/c1-23(2,3)17-8-6-16(7-9-17)15-31(29,30)22-27-26-21(20-5-4-14-25-20)28(22)19-12-10-18(24)11-13-19/h6-13,20,25H,4-5,14-15H2,1-3H3. The van der Waals surface area contributed by atoms with Crippen LogP contribution in [0.2, 0.25) is 5.02 Å². The van der Waals surface area contributed by atoms with Gasteiger partial charge in [-0.05, 0) is 60.2 Å². The van der Waals surface area contributed by atoms with E-state index in [1.165, 1.54) is 0 Å². The van der Waals surface area contributed by atoms with E-state index in [4.69, 9.17) is 11.6 Å². The van der Waals surface area contributed by atoms with Crippen molar-refractivity contribution in [3.8, 4) is 5.69 Å². The lowest BCUT2D eigenvalue weighted by Gasteiger charge is -2.19. The number of rotatable bonds is 5. The van der Waals surface area contributed by atoms with Crippen molar-refractivity contribution in [1.82, 2.24) is 20.1 Å². The zero-order valence-corrected chi connectivity index (χ0v) is 19.5. The van der Waals surface area contributed by atoms with Crippen LogP contribution in [-0.4, -0.2) is 29.7 Å². The third kappa shape index (κ3) is 4.68. The molecule has 4 rings (SSSR count). The van der Waals surface area contributed by atoms with E-state index in [0.717, 1.165) is 30.5 Å². The van der Waals surface area contributed by atoms with Crippen LogP contribution in [0.25, 0.3) is 5.69 Å². The first kappa shape index (κ1) is 22.0. The Morgan fingerprint density at radius 2 is 1.74 bits per heavy atom. The number of nitrogens with one attached hydrogen (secondary N) is 1. The molecule has 0 aliphatic carbocycles. The molecule has 1 N–H and O–H groups in total. The number of nitrogens with zero attached hydrogens (tertiary/aromatic N) is 3. The van der Waals surface area contributed by atoms with Gasteiger partial charge < -0.3 is 5.32 Å². The Kier molecular flexibility index (Phi) is 5.94. The van der Waals surface area contributed by atoms with E-state index in [1.807, 2.05) is 24.3 Å². The molecule has 1 saturated heterocycles. The molecule has 2 heterocycles. The topological polar surface area (TPSA) is 76.9 Å². The van der Waals surface area contributed by atoms with E-state index in [9.17, 15) is 8.42 Å². The van der Waals surface area contributed by atoms with Crippen molar-refractivity contribution in [2.75, 3.05) is 6.54 Å². The lowest BCUT2D eigenvalue weighted by atomic mass is 9.87. The first-order valence-electron chi connectivity index (χ1n) is 10.4. The maximum Gasteiger partial charge on any atom is 0.254 e. The average Bonchev–Trinajstić information content (AvgIpc) is 3.38. The summed E-state index contributed by atoms with van der Waals surface area (Å²) in [6, 6.07) is 14.8. The molecule has 3 aromatic rings. The molecule has 164 valence electrons. The number of sulfone groups is 1. The van der Waals surface area contributed by atoms with Gasteiger partial charge in [0.1, 0.15) is 0 Å². The minimum absolute atomic E-state index is 0.00927. The van der Waals surface area contributed by atoms with Crippen molar-refractivity contribution in [1.29, 1.82) is 0 Å². The van der Waals surface area contributed by atoms with Crippen LogP contribution in [0.3, 0.4) is 0 Å². The summed E-state index contributed by atoms with van der Waals surface area (Å²) in [7, 11) is -3.73. The van der Waals surface area contributed by atoms with Gasteiger partial charge in [-0.2, -0.15) is 0 Å². The highest BCUT2D eigenvalue weighted by Gasteiger charge is 2.30. The number of benzene rings is 2. The quantitative estimate of drug-likeness (QED) is 0.603. The summed E-state index contributed by atoms with van der Waals surface area (Å²) >= 11 is 6.05. The van der Waals surface area contributed by atoms with E-state index < -0.39 is 9.84 Å². The summed E-state index contributed by atoms with van der Waals surface area (Å²) in [4.78, 5) is 0. The summed E-state index contributed by atoms with van der Waals surface area (Å²) in [6.07, 6.45) is 1.90. The van der Waals surface area contributed by atoms with E-state index in [-0.39, 0.29) is 22.4 Å². The molecule has 1 aromatic heterocycles. The minimum atomic E-state index is -3.73. The molecule has 0 saturated carbocycles. The maximum atomic E-state index is 13.4. The van der Waals surface area contributed by atoms with Crippen molar-refractivity contribution < 1.29 is 8.42 Å². The number of hydrogen-bond donors (Lipinski definition) is 1. The van der Waals surface area contributed by atoms with E-state index in [2.05, 4.69) is 36.3 Å². The van der Waals surface area contributed by atoms with Gasteiger partial charge in [-0.15, -0.1) is 10.2 Å². The second-order valence-electron chi connectivity index (χ2n) is 9.01. The third-order valence-electron chi connectivity index (χ3n) is 5.57. The summed E-state index contributed by atoms with van der Waals surface area (Å²) in [6.45, 7) is 7.27. The molecular weight excluding hydrogens is 432 g/mol. The maximum absolute atomic E-state index is 13.4. The molecule has 2 aromatic carbocycles. The Morgan fingerprint density at radius 1 is 1.06 bits per heavy atom. The Balaban J connectivity index is 1.73. The van der Waals surface area contributed by atoms with Crippen LogP contribution in [0.5, 0.6) is 0 Å². The van der Waals surface area contributed by atoms with Crippen LogP contribution < -0.4 is 5.32 Å². The highest BCUT2D eigenvalue weighted by atomic mass is 35.5. The van der Waals surface area contributed by atoms with Crippen LogP contribution in [0.1, 0.15) is 56.6 Å². The Labute approximate surface area is 188 Å². The molecule has 1 aliphatic rings. The van der Waals surface area contributed by atoms with E-state index in [1.54, 1.807) is 28.8 Å². The molecule has 6 nitrogen and oxygen atoms in total. The lowest BCUT2D eigenvalue weighted by molar-refractivity contribution is 0.570. The smallest absolute Gasteiger partial charge is 0.254 e. The highest BCUT2D eigenvalue weighted by Crippen LogP contribution is 2.29. The molecule has 1 unspecified atom stereocenters. The van der Waals surface area contributed by atoms with Gasteiger partial charge in [-0.25, -0.2) is 8.42 Å². The van der Waals surface area contributed by atoms with Crippen molar-refractivity contribution in [3.63, 3.8) is 0 Å². The molecule has 1 aliphatic heterocycles. The van der Waals surface area contributed by atoms with Gasteiger partial charge in [0.2, 0.25) is 9.84 Å². The van der Waals surface area contributed by atoms with Crippen LogP contribution in [0, 0.1) is 0 Å². The molecule has 8 heteroatoms. The highest BCUT2D eigenvalue weighted by molar-refractivity contribution is 7.90. The van der Waals surface area contributed by atoms with Crippen LogP contribution >= 0.6 is 11.6 Å². The Bertz CT molecular complexity index is 1160. The van der Waals surface area contributed by atoms with E-state index >= 15 is 0 Å². The predicted octanol–water partition coefficient (Wildman–Crippen LogP) is 4.62. The SMILES string of the molecule is CC(C)(C)c1ccc(CS(=O)(=O)c2nnc(C3CCCN3)n2-c2ccc(Cl)cc2)cc1. The monoisotopic (exact) mass is 458 g/mol. The van der Waals surface area contributed by atoms with Gasteiger partial charge in [-0.3, -0.25) is 4.57 Å². The minimum Gasteiger partial charge on any atom is -0.307 e. The van der Waals surface area contributed by atoms with Crippen molar-refractivity contribution in [2.24, 2.45) is 0 Å². The van der Waals surface area contributed by atoms with Gasteiger partial charge in [0.25, 0.3) is 5.16 Å². The number of hydrogen-bond acceptors (Lipinski definition) is 5. The van der Waals surface area contributed by atoms with Gasteiger partial charge in [0.05, 0.1) is 11.8 Å². The average molecular weight is 459 g/mol. The molecule has 0 amide bonds. The van der Waals surface area contributed by atoms with Crippen LogP contribution in [0.15, 0.2) is 53.7 Å². The second-order valence-corrected chi connectivity index (χ2v) is 11.3. The largest absolute Gasteiger partial charge is 0.307 e. The van der Waals surface area contributed by atoms with Crippen LogP contribution in [-0.2, 0) is 21.0 Å². The number of aromatic nitrogens is 3. The van der Waals surface area contributed by atoms with E-state index in [0.29, 0.717) is 16.5 Å². The fourth-order valence-electron chi connectivity index (χ4n) is 3.83. The van der Waals surface area contributed by atoms with Crippen molar-refractivity contribution in [2.45, 2.75) is 56.0 Å². The molecule has 0 spiro atoms. The zero-order valence-electron chi connectivity index (χ0n) is 18.0. The van der Waals surface area contributed by atoms with Gasteiger partial charge in [-0.1, -0.05) is 56.6 Å². The summed E-state index contributed by atoms with van der Waals surface area (Å²) in [5.41, 5.74) is 2.57. The molecule has 31 heavy (non-hydrogen) atoms. The molecule has 1 fully saturated rings. The molecular formula is C23H27ClN4O2S. The molecule has 0 bridgehead atoms. The molecule has 1 atom stereocenters. The van der Waals surface area contributed by atoms with Crippen LogP contribution in [0.4, 0.5) is 0 Å². The van der Waals surface area contributed by atoms with Gasteiger partial charge >= 0.3 is 0 Å². The fraction of sp³-hybridized carbons (Fsp3) is 0.391. The normalized spacial score (nSPS) is 17.2. The van der Waals surface area contributed by atoms with Gasteiger partial charge in [0, 0.05) is 10.7 Å². The number of halogens is 1. The second kappa shape index (κ2) is 8.37. The third-order valence-corrected chi connectivity index (χ3v) is 7.36. The van der Waals surface area contributed by atoms with Crippen molar-refractivity contribution >= 4 is 21.4 Å². The summed E-state index contributed by atoms with van der Waals surface area (Å²) < 4.78 is 28.5. The fourth-order valence-corrected chi connectivity index (χ4v) is 5.36. The summed E-state index contributed by atoms with van der Waals surface area (Å²) in [5, 5.41) is 12.4. The Hall–Kier alpha value is -2.22. The summed E-state index contributed by atoms with van der Waals surface area (Å²) in [5.74, 6) is 0.475. The first-order valence-corrected chi connectivity index (χ1v) is 12.4. The zero-order chi connectivity index (χ0) is 22.2. The Morgan fingerprint density at radius 3 is 2.32 bits per heavy atom. The lowest BCUT2D eigenvalue weighted by Crippen LogP contribution is -2.19. The molecule has 0 radical (unpaired) electrons. The predicted molar refractivity (Wildman–Crippen MR) is 122 cm³/mol. The first-order chi connectivity index (χ1) is 14.6.